The highest BCUT2D eigenvalue weighted by Gasteiger charge is 2.72. The summed E-state index contributed by atoms with van der Waals surface area (Å²) in [6.07, 6.45) is 7.96. The Morgan fingerprint density at radius 2 is 1.77 bits per heavy atom. The van der Waals surface area contributed by atoms with Crippen molar-refractivity contribution >= 4 is 23.4 Å². The minimum Gasteiger partial charge on any atom is -0.359 e. The van der Waals surface area contributed by atoms with Gasteiger partial charge < -0.3 is 20.3 Å². The fourth-order valence-electron chi connectivity index (χ4n) is 7.05. The summed E-state index contributed by atoms with van der Waals surface area (Å²) in [5.74, 6) is -3.14. The highest BCUT2D eigenvalue weighted by molar-refractivity contribution is 6.02. The highest BCUT2D eigenvalue weighted by atomic mass is 19.1. The molecule has 6 rings (SSSR count). The van der Waals surface area contributed by atoms with Crippen LogP contribution >= 0.6 is 0 Å². The Kier molecular flexibility index (Phi) is 6.53. The number of carbonyl (C=O) groups excluding carboxylic acids is 3. The van der Waals surface area contributed by atoms with Crippen LogP contribution in [0.1, 0.15) is 48.8 Å². The van der Waals surface area contributed by atoms with E-state index in [1.54, 1.807) is 30.4 Å². The lowest BCUT2D eigenvalue weighted by molar-refractivity contribution is -0.142. The first kappa shape index (κ1) is 25.7. The summed E-state index contributed by atoms with van der Waals surface area (Å²) in [5.41, 5.74) is 1.71. The lowest BCUT2D eigenvalue weighted by Gasteiger charge is -2.34. The molecule has 1 saturated carbocycles. The lowest BCUT2D eigenvalue weighted by Crippen LogP contribution is -2.56. The SMILES string of the molecule is Cc1cc(C)cc(NC(=O)C2[C@@H]3C=CC4(O3)C(C(=O)NC3CCCCC3)N(Cc3ccccc3F)C(=O)[C@H]24)c1. The Hall–Kier alpha value is -3.52. The number of carbonyl (C=O) groups is 3. The molecular formula is C31H34FN3O4. The van der Waals surface area contributed by atoms with Crippen LogP contribution in [-0.4, -0.2) is 46.4 Å². The van der Waals surface area contributed by atoms with Crippen LogP contribution in [0.5, 0.6) is 0 Å². The second-order valence-corrected chi connectivity index (χ2v) is 11.5. The molecule has 2 aromatic carbocycles. The van der Waals surface area contributed by atoms with Gasteiger partial charge in [-0.25, -0.2) is 4.39 Å². The number of amides is 3. The van der Waals surface area contributed by atoms with Crippen molar-refractivity contribution in [2.45, 2.75) is 76.3 Å². The number of fused-ring (bicyclic) bond motifs is 1. The maximum atomic E-state index is 14.7. The fraction of sp³-hybridized carbons (Fsp3) is 0.452. The van der Waals surface area contributed by atoms with E-state index in [4.69, 9.17) is 4.74 Å². The Morgan fingerprint density at radius 1 is 1.05 bits per heavy atom. The molecule has 5 atom stereocenters. The average Bonchev–Trinajstić information content (AvgIpc) is 3.53. The van der Waals surface area contributed by atoms with E-state index in [2.05, 4.69) is 10.6 Å². The monoisotopic (exact) mass is 531 g/mol. The van der Waals surface area contributed by atoms with Crippen LogP contribution in [-0.2, 0) is 25.7 Å². The fourth-order valence-corrected chi connectivity index (χ4v) is 7.05. The third kappa shape index (κ3) is 4.44. The van der Waals surface area contributed by atoms with E-state index < -0.39 is 35.4 Å². The molecule has 39 heavy (non-hydrogen) atoms. The van der Waals surface area contributed by atoms with Crippen molar-refractivity contribution in [3.05, 3.63) is 77.1 Å². The van der Waals surface area contributed by atoms with E-state index in [0.29, 0.717) is 11.3 Å². The molecule has 2 bridgehead atoms. The molecule has 7 nitrogen and oxygen atoms in total. The van der Waals surface area contributed by atoms with Crippen molar-refractivity contribution in [3.8, 4) is 0 Å². The number of likely N-dealkylation sites (tertiary alicyclic amines) is 1. The highest BCUT2D eigenvalue weighted by Crippen LogP contribution is 2.55. The maximum absolute atomic E-state index is 14.7. The van der Waals surface area contributed by atoms with Crippen LogP contribution in [0.25, 0.3) is 0 Å². The number of ether oxygens (including phenoxy) is 1. The predicted molar refractivity (Wildman–Crippen MR) is 144 cm³/mol. The van der Waals surface area contributed by atoms with Crippen LogP contribution < -0.4 is 10.6 Å². The van der Waals surface area contributed by atoms with Gasteiger partial charge in [0, 0.05) is 23.8 Å². The van der Waals surface area contributed by atoms with E-state index >= 15 is 0 Å². The molecule has 2 N–H and O–H groups in total. The van der Waals surface area contributed by atoms with Gasteiger partial charge in [0.1, 0.15) is 17.5 Å². The smallest absolute Gasteiger partial charge is 0.246 e. The number of anilines is 1. The van der Waals surface area contributed by atoms with Gasteiger partial charge in [0.05, 0.1) is 17.9 Å². The maximum Gasteiger partial charge on any atom is 0.246 e. The lowest BCUT2D eigenvalue weighted by atomic mass is 9.74. The van der Waals surface area contributed by atoms with Crippen molar-refractivity contribution < 1.29 is 23.5 Å². The minimum atomic E-state index is -1.28. The van der Waals surface area contributed by atoms with E-state index in [-0.39, 0.29) is 30.3 Å². The largest absolute Gasteiger partial charge is 0.359 e. The molecule has 1 spiro atoms. The van der Waals surface area contributed by atoms with Crippen LogP contribution in [0.3, 0.4) is 0 Å². The molecule has 8 heteroatoms. The third-order valence-electron chi connectivity index (χ3n) is 8.66. The molecule has 3 fully saturated rings. The summed E-state index contributed by atoms with van der Waals surface area (Å²) in [6, 6.07) is 11.1. The molecule has 2 aromatic rings. The van der Waals surface area contributed by atoms with Gasteiger partial charge in [-0.1, -0.05) is 55.7 Å². The topological polar surface area (TPSA) is 87.7 Å². The van der Waals surface area contributed by atoms with Crippen molar-refractivity contribution in [2.24, 2.45) is 11.8 Å². The van der Waals surface area contributed by atoms with Gasteiger partial charge in [-0.2, -0.15) is 0 Å². The van der Waals surface area contributed by atoms with Crippen molar-refractivity contribution in [2.75, 3.05) is 5.32 Å². The number of nitrogens with one attached hydrogen (secondary N) is 2. The van der Waals surface area contributed by atoms with Gasteiger partial charge in [-0.3, -0.25) is 14.4 Å². The molecule has 1 aliphatic carbocycles. The Balaban J connectivity index is 1.34. The quantitative estimate of drug-likeness (QED) is 0.548. The molecule has 204 valence electrons. The van der Waals surface area contributed by atoms with Gasteiger partial charge in [-0.15, -0.1) is 0 Å². The molecule has 3 amide bonds. The van der Waals surface area contributed by atoms with Gasteiger partial charge in [0.2, 0.25) is 17.7 Å². The van der Waals surface area contributed by atoms with Crippen molar-refractivity contribution in [1.82, 2.24) is 10.2 Å². The van der Waals surface area contributed by atoms with Gasteiger partial charge in [-0.05, 0) is 56.0 Å². The molecule has 0 radical (unpaired) electrons. The summed E-state index contributed by atoms with van der Waals surface area (Å²) >= 11 is 0. The summed E-state index contributed by atoms with van der Waals surface area (Å²) in [5, 5.41) is 6.14. The summed E-state index contributed by atoms with van der Waals surface area (Å²) < 4.78 is 21.1. The summed E-state index contributed by atoms with van der Waals surface area (Å²) in [7, 11) is 0. The normalized spacial score (nSPS) is 29.5. The van der Waals surface area contributed by atoms with E-state index in [1.165, 1.54) is 11.0 Å². The first-order chi connectivity index (χ1) is 18.8. The first-order valence-corrected chi connectivity index (χ1v) is 13.9. The molecule has 2 saturated heterocycles. The number of hydrogen-bond donors (Lipinski definition) is 2. The molecule has 4 aliphatic rings. The standard InChI is InChI=1S/C31H34FN3O4/c1-18-14-19(2)16-22(15-18)34-28(36)25-24-12-13-31(39-24)26(25)30(38)35(17-20-8-6-7-11-23(20)32)27(31)29(37)33-21-9-4-3-5-10-21/h6-8,11-16,21,24-27H,3-5,9-10,17H2,1-2H3,(H,33,37)(H,34,36)/t24-,25?,26-,27?,31?/m0/s1. The van der Waals surface area contributed by atoms with Crippen LogP contribution in [0.4, 0.5) is 10.1 Å². The average molecular weight is 532 g/mol. The van der Waals surface area contributed by atoms with Crippen LogP contribution in [0.2, 0.25) is 0 Å². The predicted octanol–water partition coefficient (Wildman–Crippen LogP) is 4.18. The number of rotatable bonds is 6. The summed E-state index contributed by atoms with van der Waals surface area (Å²) in [6.45, 7) is 3.83. The number of aryl methyl sites for hydroxylation is 2. The zero-order valence-electron chi connectivity index (χ0n) is 22.3. The second-order valence-electron chi connectivity index (χ2n) is 11.5. The zero-order valence-corrected chi connectivity index (χ0v) is 22.3. The number of hydrogen-bond acceptors (Lipinski definition) is 4. The molecule has 0 aromatic heterocycles. The van der Waals surface area contributed by atoms with Gasteiger partial charge >= 0.3 is 0 Å². The van der Waals surface area contributed by atoms with Crippen LogP contribution in [0.15, 0.2) is 54.6 Å². The Labute approximate surface area is 227 Å². The summed E-state index contributed by atoms with van der Waals surface area (Å²) in [4.78, 5) is 43.1. The van der Waals surface area contributed by atoms with Crippen LogP contribution in [0, 0.1) is 31.5 Å². The van der Waals surface area contributed by atoms with Crippen molar-refractivity contribution in [3.63, 3.8) is 0 Å². The molecule has 3 unspecified atom stereocenters. The minimum absolute atomic E-state index is 0.0263. The van der Waals surface area contributed by atoms with E-state index in [9.17, 15) is 18.8 Å². The number of nitrogens with zero attached hydrogens (tertiary/aromatic N) is 1. The van der Waals surface area contributed by atoms with Gasteiger partial charge in [0.25, 0.3) is 0 Å². The van der Waals surface area contributed by atoms with E-state index in [0.717, 1.165) is 43.2 Å². The molecular weight excluding hydrogens is 497 g/mol. The first-order valence-electron chi connectivity index (χ1n) is 13.9. The third-order valence-corrected chi connectivity index (χ3v) is 8.66. The zero-order chi connectivity index (χ0) is 27.3. The Bertz CT molecular complexity index is 1330. The second kappa shape index (κ2) is 9.90. The molecule has 3 heterocycles. The van der Waals surface area contributed by atoms with Crippen molar-refractivity contribution in [1.29, 1.82) is 0 Å². The van der Waals surface area contributed by atoms with Gasteiger partial charge in [0.15, 0.2) is 0 Å². The number of benzene rings is 2. The number of halogens is 1. The molecule has 3 aliphatic heterocycles. The Morgan fingerprint density at radius 3 is 2.49 bits per heavy atom. The van der Waals surface area contributed by atoms with E-state index in [1.807, 2.05) is 32.0 Å².